The molecule has 11 heteroatoms. The second kappa shape index (κ2) is 12.2. The van der Waals surface area contributed by atoms with Crippen molar-refractivity contribution in [2.75, 3.05) is 39.6 Å². The van der Waals surface area contributed by atoms with Crippen molar-refractivity contribution >= 4 is 33.7 Å². The molecule has 0 aromatic carbocycles. The Morgan fingerprint density at radius 2 is 1.91 bits per heavy atom. The van der Waals surface area contributed by atoms with E-state index in [-0.39, 0.29) is 36.6 Å². The summed E-state index contributed by atoms with van der Waals surface area (Å²) in [5.41, 5.74) is 0. The maximum Gasteiger partial charge on any atom is 0.416 e. The first kappa shape index (κ1) is 26.9. The molecule has 182 valence electrons. The molecular weight excluding hydrogens is 490 g/mol. The second-order valence-corrected chi connectivity index (χ2v) is 9.01. The van der Waals surface area contributed by atoms with Crippen LogP contribution in [0.3, 0.4) is 0 Å². The highest BCUT2D eigenvalue weighted by atomic mass is 79.9. The van der Waals surface area contributed by atoms with E-state index < -0.39 is 41.6 Å². The van der Waals surface area contributed by atoms with Gasteiger partial charge in [-0.15, -0.1) is 0 Å². The summed E-state index contributed by atoms with van der Waals surface area (Å²) in [5, 5.41) is 19.6. The normalized spacial score (nSPS) is 27.0. The van der Waals surface area contributed by atoms with Crippen molar-refractivity contribution in [2.24, 2.45) is 11.8 Å². The lowest BCUT2D eigenvalue weighted by Crippen LogP contribution is -2.52. The molecular formula is C21H32BrNO9. The maximum absolute atomic E-state index is 13.0. The minimum atomic E-state index is -1.80. The molecule has 2 aliphatic heterocycles. The van der Waals surface area contributed by atoms with E-state index in [2.05, 4.69) is 15.9 Å². The summed E-state index contributed by atoms with van der Waals surface area (Å²) in [6, 6.07) is -0.421. The van der Waals surface area contributed by atoms with Gasteiger partial charge in [-0.05, 0) is 34.3 Å². The van der Waals surface area contributed by atoms with Crippen molar-refractivity contribution in [1.82, 2.24) is 4.90 Å². The number of aliphatic hydroxyl groups excluding tert-OH is 1. The fourth-order valence-corrected chi connectivity index (χ4v) is 4.02. The first-order valence-electron chi connectivity index (χ1n) is 10.7. The highest BCUT2D eigenvalue weighted by molar-refractivity contribution is 9.11. The smallest absolute Gasteiger partial charge is 0.416 e. The zero-order valence-electron chi connectivity index (χ0n) is 18.6. The van der Waals surface area contributed by atoms with E-state index in [0.29, 0.717) is 26.2 Å². The lowest BCUT2D eigenvalue weighted by molar-refractivity contribution is -0.217. The average molecular weight is 522 g/mol. The zero-order valence-corrected chi connectivity index (χ0v) is 20.2. The van der Waals surface area contributed by atoms with Gasteiger partial charge in [0, 0.05) is 13.0 Å². The number of carbonyl (C=O) groups is 3. The summed E-state index contributed by atoms with van der Waals surface area (Å²) in [6.45, 7) is 6.54. The Hall–Kier alpha value is -1.37. The van der Waals surface area contributed by atoms with Gasteiger partial charge in [-0.25, -0.2) is 9.69 Å². The summed E-state index contributed by atoms with van der Waals surface area (Å²) in [5.74, 6) is -3.87. The van der Waals surface area contributed by atoms with E-state index in [1.807, 2.05) is 13.8 Å². The highest BCUT2D eigenvalue weighted by Gasteiger charge is 2.48. The summed E-state index contributed by atoms with van der Waals surface area (Å²) in [4.78, 5) is 38.8. The molecule has 10 nitrogen and oxygen atoms in total. The van der Waals surface area contributed by atoms with Gasteiger partial charge in [0.2, 0.25) is 5.91 Å². The quantitative estimate of drug-likeness (QED) is 0.365. The zero-order chi connectivity index (χ0) is 23.9. The predicted octanol–water partition coefficient (Wildman–Crippen LogP) is 1.37. The summed E-state index contributed by atoms with van der Waals surface area (Å²) < 4.78 is 21.4. The Morgan fingerprint density at radius 1 is 1.25 bits per heavy atom. The van der Waals surface area contributed by atoms with Gasteiger partial charge in [-0.1, -0.05) is 20.8 Å². The van der Waals surface area contributed by atoms with Gasteiger partial charge in [-0.2, -0.15) is 0 Å². The van der Waals surface area contributed by atoms with Crippen molar-refractivity contribution in [3.05, 3.63) is 10.6 Å². The number of hydrogen-bond acceptors (Lipinski definition) is 9. The Kier molecular flexibility index (Phi) is 10.2. The summed E-state index contributed by atoms with van der Waals surface area (Å²) in [6.07, 6.45) is -0.244. The monoisotopic (exact) mass is 521 g/mol. The highest BCUT2D eigenvalue weighted by Crippen LogP contribution is 2.37. The molecule has 0 unspecified atom stereocenters. The van der Waals surface area contributed by atoms with Gasteiger partial charge in [0.1, 0.15) is 12.7 Å². The fraction of sp³-hybridized carbons (Fsp3) is 0.762. The van der Waals surface area contributed by atoms with Crippen LogP contribution in [0.25, 0.3) is 0 Å². The number of ketones is 1. The molecule has 0 aromatic heterocycles. The lowest BCUT2D eigenvalue weighted by atomic mass is 9.93. The first-order valence-corrected chi connectivity index (χ1v) is 11.5. The van der Waals surface area contributed by atoms with Crippen molar-refractivity contribution in [1.29, 1.82) is 0 Å². The van der Waals surface area contributed by atoms with Crippen LogP contribution in [0.4, 0.5) is 4.79 Å². The number of hydrogen-bond donors (Lipinski definition) is 2. The molecule has 2 amide bonds. The molecule has 4 atom stereocenters. The Balaban J connectivity index is 1.97. The Morgan fingerprint density at radius 3 is 2.53 bits per heavy atom. The molecule has 2 rings (SSSR count). The van der Waals surface area contributed by atoms with Crippen LogP contribution in [0.15, 0.2) is 10.6 Å². The number of imide groups is 1. The van der Waals surface area contributed by atoms with Crippen molar-refractivity contribution in [3.63, 3.8) is 0 Å². The SMILES string of the molecule is CC(C)[C@@H]1COC(=O)N1C(=O)[C@H](C)[C@H]1O[C@@](O)(CCCOCCOCCO)C(Br)=CC1=O. The van der Waals surface area contributed by atoms with Crippen molar-refractivity contribution < 1.29 is 43.5 Å². The number of rotatable bonds is 12. The molecule has 2 N–H and O–H groups in total. The standard InChI is InChI=1S/C21H32BrNO9/c1-13(2)15-12-31-20(27)23(15)19(26)14(3)18-16(25)11-17(22)21(28,32-18)5-4-7-29-9-10-30-8-6-24/h11,13-15,18,24,28H,4-10,12H2,1-3H3/t14-,15+,18-,21+/m1/s1. The van der Waals surface area contributed by atoms with Gasteiger partial charge in [0.25, 0.3) is 0 Å². The topological polar surface area (TPSA) is 132 Å². The molecule has 0 aromatic rings. The number of nitrogens with zero attached hydrogens (tertiary/aromatic N) is 1. The lowest BCUT2D eigenvalue weighted by Gasteiger charge is -2.38. The van der Waals surface area contributed by atoms with Crippen LogP contribution in [-0.4, -0.2) is 90.5 Å². The molecule has 2 heterocycles. The van der Waals surface area contributed by atoms with Gasteiger partial charge in [0.15, 0.2) is 11.6 Å². The van der Waals surface area contributed by atoms with Crippen LogP contribution in [0.2, 0.25) is 0 Å². The number of carbonyl (C=O) groups excluding carboxylic acids is 3. The van der Waals surface area contributed by atoms with E-state index in [1.54, 1.807) is 0 Å². The van der Waals surface area contributed by atoms with Crippen LogP contribution in [-0.2, 0) is 28.5 Å². The number of ether oxygens (including phenoxy) is 4. The van der Waals surface area contributed by atoms with E-state index in [9.17, 15) is 19.5 Å². The summed E-state index contributed by atoms with van der Waals surface area (Å²) in [7, 11) is 0. The van der Waals surface area contributed by atoms with E-state index in [1.165, 1.54) is 13.0 Å². The minimum Gasteiger partial charge on any atom is -0.447 e. The van der Waals surface area contributed by atoms with Crippen molar-refractivity contribution in [2.45, 2.75) is 51.5 Å². The number of aliphatic hydroxyl groups is 2. The van der Waals surface area contributed by atoms with E-state index >= 15 is 0 Å². The van der Waals surface area contributed by atoms with Crippen LogP contribution in [0, 0.1) is 11.8 Å². The third-order valence-electron chi connectivity index (χ3n) is 5.41. The summed E-state index contributed by atoms with van der Waals surface area (Å²) >= 11 is 3.19. The Labute approximate surface area is 195 Å². The third kappa shape index (κ3) is 6.58. The molecule has 0 saturated carbocycles. The molecule has 1 fully saturated rings. The van der Waals surface area contributed by atoms with Gasteiger partial charge in [-0.3, -0.25) is 9.59 Å². The molecule has 1 saturated heterocycles. The number of cyclic esters (lactones) is 1. The van der Waals surface area contributed by atoms with Crippen LogP contribution >= 0.6 is 15.9 Å². The van der Waals surface area contributed by atoms with E-state index in [4.69, 9.17) is 24.1 Å². The van der Waals surface area contributed by atoms with Gasteiger partial charge >= 0.3 is 6.09 Å². The maximum atomic E-state index is 13.0. The number of amides is 2. The van der Waals surface area contributed by atoms with Crippen LogP contribution in [0.1, 0.15) is 33.6 Å². The van der Waals surface area contributed by atoms with Gasteiger partial charge in [0.05, 0.1) is 42.9 Å². The fourth-order valence-electron chi connectivity index (χ4n) is 3.50. The molecule has 0 aliphatic carbocycles. The van der Waals surface area contributed by atoms with Crippen LogP contribution in [0.5, 0.6) is 0 Å². The average Bonchev–Trinajstić information content (AvgIpc) is 3.13. The minimum absolute atomic E-state index is 0.0133. The molecule has 0 radical (unpaired) electrons. The second-order valence-electron chi connectivity index (χ2n) is 8.15. The molecule has 2 aliphatic rings. The first-order chi connectivity index (χ1) is 15.1. The molecule has 32 heavy (non-hydrogen) atoms. The number of halogens is 1. The predicted molar refractivity (Wildman–Crippen MR) is 116 cm³/mol. The molecule has 0 spiro atoms. The third-order valence-corrected chi connectivity index (χ3v) is 6.26. The Bertz CT molecular complexity index is 713. The van der Waals surface area contributed by atoms with Gasteiger partial charge < -0.3 is 29.2 Å². The van der Waals surface area contributed by atoms with E-state index in [0.717, 1.165) is 4.90 Å². The molecule has 0 bridgehead atoms. The van der Waals surface area contributed by atoms with Crippen LogP contribution < -0.4 is 0 Å². The largest absolute Gasteiger partial charge is 0.447 e. The van der Waals surface area contributed by atoms with Crippen molar-refractivity contribution in [3.8, 4) is 0 Å².